The summed E-state index contributed by atoms with van der Waals surface area (Å²) in [4.78, 5) is 4.52. The molecule has 0 radical (unpaired) electrons. The Kier molecular flexibility index (Phi) is 4.74. The second-order valence-electron chi connectivity index (χ2n) is 4.54. The molecule has 96 valence electrons. The molecule has 1 aliphatic rings. The summed E-state index contributed by atoms with van der Waals surface area (Å²) in [5.74, 6) is 1.46. The van der Waals surface area contributed by atoms with Gasteiger partial charge in [0.05, 0.1) is 0 Å². The fourth-order valence-corrected chi connectivity index (χ4v) is 3.19. The Morgan fingerprint density at radius 2 is 2.18 bits per heavy atom. The SMILES string of the molecule is CCNc1nc(C(OC)C2CCCCC2)ns1. The van der Waals surface area contributed by atoms with Crippen molar-refractivity contribution >= 4 is 16.7 Å². The lowest BCUT2D eigenvalue weighted by Crippen LogP contribution is -2.19. The molecule has 1 N–H and O–H groups in total. The predicted octanol–water partition coefficient (Wildman–Crippen LogP) is 3.24. The molecule has 1 aromatic rings. The second kappa shape index (κ2) is 6.31. The molecule has 1 fully saturated rings. The van der Waals surface area contributed by atoms with Gasteiger partial charge in [-0.1, -0.05) is 19.3 Å². The first-order chi connectivity index (χ1) is 8.35. The van der Waals surface area contributed by atoms with Gasteiger partial charge in [0.1, 0.15) is 6.10 Å². The van der Waals surface area contributed by atoms with Crippen LogP contribution < -0.4 is 5.32 Å². The van der Waals surface area contributed by atoms with Crippen LogP contribution in [0.25, 0.3) is 0 Å². The third-order valence-electron chi connectivity index (χ3n) is 3.36. The summed E-state index contributed by atoms with van der Waals surface area (Å²) in [6.07, 6.45) is 6.56. The minimum atomic E-state index is 0.0824. The fourth-order valence-electron chi connectivity index (χ4n) is 2.52. The first-order valence-corrected chi connectivity index (χ1v) is 7.22. The van der Waals surface area contributed by atoms with E-state index in [1.165, 1.54) is 43.6 Å². The zero-order valence-corrected chi connectivity index (χ0v) is 11.4. The molecule has 0 bridgehead atoms. The van der Waals surface area contributed by atoms with Crippen molar-refractivity contribution in [1.82, 2.24) is 9.36 Å². The van der Waals surface area contributed by atoms with Crippen LogP contribution in [0.1, 0.15) is 51.0 Å². The average molecular weight is 255 g/mol. The number of anilines is 1. The highest BCUT2D eigenvalue weighted by Gasteiger charge is 2.28. The van der Waals surface area contributed by atoms with Crippen molar-refractivity contribution in [2.75, 3.05) is 19.0 Å². The molecule has 1 saturated carbocycles. The third-order valence-corrected chi connectivity index (χ3v) is 4.04. The van der Waals surface area contributed by atoms with Gasteiger partial charge in [-0.15, -0.1) is 0 Å². The number of hydrogen-bond acceptors (Lipinski definition) is 5. The van der Waals surface area contributed by atoms with Crippen molar-refractivity contribution in [3.63, 3.8) is 0 Å². The topological polar surface area (TPSA) is 47.0 Å². The molecule has 1 aliphatic carbocycles. The standard InChI is InChI=1S/C12H21N3OS/c1-3-13-12-14-11(15-17-12)10(16-2)9-7-5-4-6-8-9/h9-10H,3-8H2,1-2H3,(H,13,14,15). The molecule has 0 saturated heterocycles. The van der Waals surface area contributed by atoms with Gasteiger partial charge in [-0.2, -0.15) is 4.37 Å². The van der Waals surface area contributed by atoms with Gasteiger partial charge in [0.15, 0.2) is 5.82 Å². The van der Waals surface area contributed by atoms with Gasteiger partial charge in [0.2, 0.25) is 5.13 Å². The van der Waals surface area contributed by atoms with E-state index in [0.717, 1.165) is 17.5 Å². The smallest absolute Gasteiger partial charge is 0.202 e. The van der Waals surface area contributed by atoms with Crippen LogP contribution in [-0.4, -0.2) is 23.0 Å². The van der Waals surface area contributed by atoms with E-state index in [4.69, 9.17) is 4.74 Å². The zero-order chi connectivity index (χ0) is 12.1. The van der Waals surface area contributed by atoms with Gasteiger partial charge in [-0.25, -0.2) is 4.98 Å². The van der Waals surface area contributed by atoms with E-state index in [0.29, 0.717) is 5.92 Å². The minimum Gasteiger partial charge on any atom is -0.373 e. The maximum atomic E-state index is 5.62. The number of rotatable bonds is 5. The highest BCUT2D eigenvalue weighted by Crippen LogP contribution is 2.36. The average Bonchev–Trinajstić information content (AvgIpc) is 2.81. The van der Waals surface area contributed by atoms with Crippen LogP contribution in [0.4, 0.5) is 5.13 Å². The first kappa shape index (κ1) is 12.8. The fraction of sp³-hybridized carbons (Fsp3) is 0.833. The number of ether oxygens (including phenoxy) is 1. The minimum absolute atomic E-state index is 0.0824. The molecule has 4 nitrogen and oxygen atoms in total. The molecule has 0 aromatic carbocycles. The van der Waals surface area contributed by atoms with Crippen molar-refractivity contribution < 1.29 is 4.74 Å². The van der Waals surface area contributed by atoms with Crippen LogP contribution in [0.5, 0.6) is 0 Å². The molecule has 17 heavy (non-hydrogen) atoms. The summed E-state index contributed by atoms with van der Waals surface area (Å²) < 4.78 is 10.0. The summed E-state index contributed by atoms with van der Waals surface area (Å²) in [7, 11) is 1.77. The van der Waals surface area contributed by atoms with E-state index in [1.54, 1.807) is 7.11 Å². The molecule has 0 amide bonds. The Bertz CT molecular complexity index is 336. The maximum absolute atomic E-state index is 5.62. The summed E-state index contributed by atoms with van der Waals surface area (Å²) in [5, 5.41) is 4.10. The van der Waals surface area contributed by atoms with E-state index in [1.807, 2.05) is 0 Å². The molecule has 1 unspecified atom stereocenters. The van der Waals surface area contributed by atoms with E-state index in [-0.39, 0.29) is 6.10 Å². The Morgan fingerprint density at radius 3 is 2.82 bits per heavy atom. The van der Waals surface area contributed by atoms with E-state index >= 15 is 0 Å². The molecule has 2 rings (SSSR count). The summed E-state index contributed by atoms with van der Waals surface area (Å²) in [5.41, 5.74) is 0. The maximum Gasteiger partial charge on any atom is 0.202 e. The number of methoxy groups -OCH3 is 1. The number of nitrogens with one attached hydrogen (secondary N) is 1. The number of aromatic nitrogens is 2. The lowest BCUT2D eigenvalue weighted by Gasteiger charge is -2.27. The Hall–Kier alpha value is -0.680. The van der Waals surface area contributed by atoms with Gasteiger partial charge in [-0.05, 0) is 25.7 Å². The molecule has 0 spiro atoms. The second-order valence-corrected chi connectivity index (χ2v) is 5.29. The van der Waals surface area contributed by atoms with Crippen molar-refractivity contribution in [3.05, 3.63) is 5.82 Å². The van der Waals surface area contributed by atoms with Crippen LogP contribution in [0.15, 0.2) is 0 Å². The lowest BCUT2D eigenvalue weighted by atomic mass is 9.85. The Morgan fingerprint density at radius 1 is 1.41 bits per heavy atom. The lowest BCUT2D eigenvalue weighted by molar-refractivity contribution is 0.0298. The van der Waals surface area contributed by atoms with Crippen LogP contribution in [0.3, 0.4) is 0 Å². The molecular formula is C12H21N3OS. The molecule has 1 aromatic heterocycles. The highest BCUT2D eigenvalue weighted by molar-refractivity contribution is 7.09. The first-order valence-electron chi connectivity index (χ1n) is 6.45. The third kappa shape index (κ3) is 3.16. The van der Waals surface area contributed by atoms with Gasteiger partial charge >= 0.3 is 0 Å². The predicted molar refractivity (Wildman–Crippen MR) is 70.4 cm³/mol. The van der Waals surface area contributed by atoms with Crippen molar-refractivity contribution in [2.24, 2.45) is 5.92 Å². The van der Waals surface area contributed by atoms with Crippen molar-refractivity contribution in [1.29, 1.82) is 0 Å². The molecule has 0 aliphatic heterocycles. The Labute approximate surface area is 107 Å². The van der Waals surface area contributed by atoms with Gasteiger partial charge in [0.25, 0.3) is 0 Å². The monoisotopic (exact) mass is 255 g/mol. The zero-order valence-electron chi connectivity index (χ0n) is 10.6. The van der Waals surface area contributed by atoms with Crippen LogP contribution >= 0.6 is 11.5 Å². The van der Waals surface area contributed by atoms with E-state index in [9.17, 15) is 0 Å². The number of nitrogens with zero attached hydrogens (tertiary/aromatic N) is 2. The molecule has 1 atom stereocenters. The summed E-state index contributed by atoms with van der Waals surface area (Å²) in [6.45, 7) is 2.95. The normalized spacial score (nSPS) is 19.2. The van der Waals surface area contributed by atoms with Crippen molar-refractivity contribution in [3.8, 4) is 0 Å². The van der Waals surface area contributed by atoms with Crippen LogP contribution in [0.2, 0.25) is 0 Å². The highest BCUT2D eigenvalue weighted by atomic mass is 32.1. The quantitative estimate of drug-likeness (QED) is 0.877. The summed E-state index contributed by atoms with van der Waals surface area (Å²) in [6, 6.07) is 0. The van der Waals surface area contributed by atoms with Crippen LogP contribution in [0, 0.1) is 5.92 Å². The van der Waals surface area contributed by atoms with Crippen LogP contribution in [-0.2, 0) is 4.74 Å². The van der Waals surface area contributed by atoms with E-state index in [2.05, 4.69) is 21.6 Å². The van der Waals surface area contributed by atoms with Crippen molar-refractivity contribution in [2.45, 2.75) is 45.1 Å². The molecule has 1 heterocycles. The van der Waals surface area contributed by atoms with Gasteiger partial charge < -0.3 is 10.1 Å². The summed E-state index contributed by atoms with van der Waals surface area (Å²) >= 11 is 1.43. The van der Waals surface area contributed by atoms with Gasteiger partial charge in [0, 0.05) is 25.2 Å². The number of hydrogen-bond donors (Lipinski definition) is 1. The Balaban J connectivity index is 2.04. The molecular weight excluding hydrogens is 234 g/mol. The largest absolute Gasteiger partial charge is 0.373 e. The molecule has 5 heteroatoms. The van der Waals surface area contributed by atoms with E-state index < -0.39 is 0 Å². The van der Waals surface area contributed by atoms with Gasteiger partial charge in [-0.3, -0.25) is 0 Å².